The van der Waals surface area contributed by atoms with E-state index in [1.54, 1.807) is 42.5 Å². The molecule has 3 heterocycles. The van der Waals surface area contributed by atoms with Gasteiger partial charge in [-0.1, -0.05) is 40.9 Å². The average Bonchev–Trinajstić information content (AvgIpc) is 3.54. The molecule has 1 aromatic heterocycles. The fourth-order valence-corrected chi connectivity index (χ4v) is 7.54. The van der Waals surface area contributed by atoms with Gasteiger partial charge in [0.15, 0.2) is 6.10 Å². The first-order chi connectivity index (χ1) is 18.3. The van der Waals surface area contributed by atoms with Gasteiger partial charge in [0.25, 0.3) is 5.91 Å². The van der Waals surface area contributed by atoms with Crippen molar-refractivity contribution in [1.29, 1.82) is 0 Å². The van der Waals surface area contributed by atoms with Crippen LogP contribution in [-0.4, -0.2) is 31.0 Å². The Kier molecular flexibility index (Phi) is 6.64. The summed E-state index contributed by atoms with van der Waals surface area (Å²) in [6.45, 7) is 0. The second kappa shape index (κ2) is 9.84. The lowest BCUT2D eigenvalue weighted by atomic mass is 9.90. The summed E-state index contributed by atoms with van der Waals surface area (Å²) in [5, 5.41) is 3.15. The quantitative estimate of drug-likeness (QED) is 0.257. The van der Waals surface area contributed by atoms with Crippen molar-refractivity contribution in [2.45, 2.75) is 37.8 Å². The summed E-state index contributed by atoms with van der Waals surface area (Å²) in [6.07, 6.45) is 2.29. The Morgan fingerprint density at radius 3 is 2.42 bits per heavy atom. The molecule has 6 rings (SSSR count). The normalized spacial score (nSPS) is 22.6. The topological polar surface area (TPSA) is 76.2 Å². The van der Waals surface area contributed by atoms with Crippen LogP contribution >= 0.6 is 46.1 Å². The van der Waals surface area contributed by atoms with Crippen LogP contribution in [0.3, 0.4) is 0 Å². The van der Waals surface area contributed by atoms with Gasteiger partial charge in [-0.15, -0.1) is 11.3 Å². The van der Waals surface area contributed by atoms with Crippen molar-refractivity contribution < 1.29 is 24.0 Å². The molecule has 3 aliphatic rings. The van der Waals surface area contributed by atoms with E-state index in [9.17, 15) is 14.4 Å². The molecule has 0 radical (unpaired) electrons. The van der Waals surface area contributed by atoms with Gasteiger partial charge in [0.05, 0.1) is 24.4 Å². The van der Waals surface area contributed by atoms with Crippen molar-refractivity contribution >= 4 is 74.6 Å². The zero-order valence-electron chi connectivity index (χ0n) is 20.1. The van der Waals surface area contributed by atoms with Crippen LogP contribution in [0.1, 0.15) is 45.2 Å². The van der Waals surface area contributed by atoms with Crippen molar-refractivity contribution in [3.63, 3.8) is 0 Å². The molecule has 3 aromatic rings. The average molecular weight is 592 g/mol. The predicted molar refractivity (Wildman–Crippen MR) is 146 cm³/mol. The van der Waals surface area contributed by atoms with Gasteiger partial charge >= 0.3 is 5.97 Å². The van der Waals surface area contributed by atoms with Crippen LogP contribution in [0.5, 0.6) is 0 Å². The molecule has 0 spiro atoms. The zero-order valence-corrected chi connectivity index (χ0v) is 23.2. The van der Waals surface area contributed by atoms with Crippen LogP contribution in [0.4, 0.5) is 10.7 Å². The molecule has 0 N–H and O–H groups in total. The van der Waals surface area contributed by atoms with Gasteiger partial charge < -0.3 is 4.74 Å². The molecular formula is C27H21Cl3N2O5S. The van der Waals surface area contributed by atoms with Gasteiger partial charge in [-0.05, 0) is 73.2 Å². The first kappa shape index (κ1) is 25.6. The Balaban J connectivity index is 1.46. The molecule has 3 unspecified atom stereocenters. The molecule has 38 heavy (non-hydrogen) atoms. The number of benzene rings is 2. The highest BCUT2D eigenvalue weighted by molar-refractivity contribution is 7.17. The maximum atomic E-state index is 14.1. The minimum absolute atomic E-state index is 0.296. The SMILES string of the molecule is COC(=O)c1c(N2C(=O)C3ON(c4ccc(Cl)cc4)C(c4ccc(Cl)cc4Cl)C3C2=O)sc2c1CCCC2. The third-order valence-corrected chi connectivity index (χ3v) is 9.31. The molecule has 196 valence electrons. The van der Waals surface area contributed by atoms with E-state index in [0.29, 0.717) is 43.3 Å². The highest BCUT2D eigenvalue weighted by atomic mass is 35.5. The summed E-state index contributed by atoms with van der Waals surface area (Å²) in [5.41, 5.74) is 2.35. The lowest BCUT2D eigenvalue weighted by Crippen LogP contribution is -2.37. The van der Waals surface area contributed by atoms with Gasteiger partial charge in [-0.25, -0.2) is 14.8 Å². The number of anilines is 2. The number of carbonyl (C=O) groups is 3. The highest BCUT2D eigenvalue weighted by Gasteiger charge is 2.61. The number of hydrogen-bond donors (Lipinski definition) is 0. The summed E-state index contributed by atoms with van der Waals surface area (Å²) in [4.78, 5) is 49.2. The first-order valence-corrected chi connectivity index (χ1v) is 14.0. The largest absolute Gasteiger partial charge is 0.465 e. The van der Waals surface area contributed by atoms with E-state index in [1.165, 1.54) is 23.5 Å². The highest BCUT2D eigenvalue weighted by Crippen LogP contribution is 2.51. The second-order valence-corrected chi connectivity index (χ2v) is 11.7. The smallest absolute Gasteiger partial charge is 0.341 e. The van der Waals surface area contributed by atoms with Gasteiger partial charge in [-0.3, -0.25) is 14.4 Å². The van der Waals surface area contributed by atoms with Crippen LogP contribution in [0.15, 0.2) is 42.5 Å². The molecular weight excluding hydrogens is 571 g/mol. The number of aryl methyl sites for hydroxylation is 1. The number of thiophene rings is 1. The molecule has 2 aromatic carbocycles. The molecule has 2 saturated heterocycles. The fraction of sp³-hybridized carbons (Fsp3) is 0.296. The number of methoxy groups -OCH3 is 1. The van der Waals surface area contributed by atoms with Crippen LogP contribution in [0.2, 0.25) is 15.1 Å². The van der Waals surface area contributed by atoms with Gasteiger partial charge in [-0.2, -0.15) is 0 Å². The second-order valence-electron chi connectivity index (χ2n) is 9.36. The number of amides is 2. The molecule has 11 heteroatoms. The standard InChI is InChI=1S/C27H21Cl3N2O5S/c1-36-27(35)20-17-4-2-3-5-19(17)38-26(20)31-24(33)21-22(16-11-8-14(29)12-18(16)30)32(37-23(21)25(31)34)15-9-6-13(28)7-10-15/h6-12,21-23H,2-5H2,1H3. The summed E-state index contributed by atoms with van der Waals surface area (Å²) < 4.78 is 5.07. The Morgan fingerprint density at radius 2 is 1.71 bits per heavy atom. The van der Waals surface area contributed by atoms with E-state index in [4.69, 9.17) is 44.4 Å². The molecule has 2 fully saturated rings. The van der Waals surface area contributed by atoms with Crippen molar-refractivity contribution in [2.75, 3.05) is 17.1 Å². The number of esters is 1. The zero-order chi connectivity index (χ0) is 26.7. The number of halogens is 3. The number of rotatable bonds is 4. The summed E-state index contributed by atoms with van der Waals surface area (Å²) in [5.74, 6) is -2.47. The van der Waals surface area contributed by atoms with Crippen molar-refractivity contribution in [3.8, 4) is 0 Å². The van der Waals surface area contributed by atoms with Crippen LogP contribution < -0.4 is 9.96 Å². The number of hydrogen-bond acceptors (Lipinski definition) is 7. The fourth-order valence-electron chi connectivity index (χ4n) is 5.51. The van der Waals surface area contributed by atoms with Gasteiger partial charge in [0, 0.05) is 19.9 Å². The van der Waals surface area contributed by atoms with E-state index in [-0.39, 0.29) is 0 Å². The maximum absolute atomic E-state index is 14.1. The number of fused-ring (bicyclic) bond motifs is 2. The number of nitrogens with zero attached hydrogens (tertiary/aromatic N) is 2. The van der Waals surface area contributed by atoms with Crippen molar-refractivity contribution in [3.05, 3.63) is 79.1 Å². The summed E-state index contributed by atoms with van der Waals surface area (Å²) in [7, 11) is 1.30. The molecule has 2 aliphatic heterocycles. The number of ether oxygens (including phenoxy) is 1. The van der Waals surface area contributed by atoms with E-state index < -0.39 is 35.8 Å². The maximum Gasteiger partial charge on any atom is 0.341 e. The third-order valence-electron chi connectivity index (χ3n) is 7.22. The Hall–Kier alpha value is -2.62. The summed E-state index contributed by atoms with van der Waals surface area (Å²) >= 11 is 20.2. The van der Waals surface area contributed by atoms with Gasteiger partial charge in [0.2, 0.25) is 5.91 Å². The van der Waals surface area contributed by atoms with Crippen molar-refractivity contribution in [1.82, 2.24) is 0 Å². The molecule has 0 saturated carbocycles. The Bertz CT molecular complexity index is 1470. The van der Waals surface area contributed by atoms with Crippen LogP contribution in [0.25, 0.3) is 0 Å². The van der Waals surface area contributed by atoms with E-state index in [2.05, 4.69) is 0 Å². The predicted octanol–water partition coefficient (Wildman–Crippen LogP) is 6.42. The number of imide groups is 1. The minimum Gasteiger partial charge on any atom is -0.465 e. The lowest BCUT2D eigenvalue weighted by Gasteiger charge is -2.29. The third kappa shape index (κ3) is 4.01. The van der Waals surface area contributed by atoms with E-state index in [0.717, 1.165) is 34.6 Å². The molecule has 2 amide bonds. The molecule has 0 bridgehead atoms. The first-order valence-electron chi connectivity index (χ1n) is 12.1. The number of carbonyl (C=O) groups excluding carboxylic acids is 3. The minimum atomic E-state index is -1.11. The van der Waals surface area contributed by atoms with Crippen molar-refractivity contribution in [2.24, 2.45) is 5.92 Å². The van der Waals surface area contributed by atoms with Crippen LogP contribution in [0, 0.1) is 5.92 Å². The molecule has 1 aliphatic carbocycles. The molecule has 3 atom stereocenters. The Morgan fingerprint density at radius 1 is 1.00 bits per heavy atom. The van der Waals surface area contributed by atoms with E-state index in [1.807, 2.05) is 0 Å². The van der Waals surface area contributed by atoms with E-state index >= 15 is 0 Å². The monoisotopic (exact) mass is 590 g/mol. The lowest BCUT2D eigenvalue weighted by molar-refractivity contribution is -0.126. The Labute approximate surface area is 237 Å². The molecule has 7 nitrogen and oxygen atoms in total. The number of hydroxylamine groups is 1. The summed E-state index contributed by atoms with van der Waals surface area (Å²) in [6, 6.07) is 11.2. The van der Waals surface area contributed by atoms with Gasteiger partial charge in [0.1, 0.15) is 10.9 Å². The van der Waals surface area contributed by atoms with Crippen LogP contribution in [-0.2, 0) is 32.0 Å².